The molecule has 0 bridgehead atoms. The minimum absolute atomic E-state index is 0.251. The molecular formula is C20H28Cl2N6O2. The van der Waals surface area contributed by atoms with Crippen molar-refractivity contribution in [3.63, 3.8) is 0 Å². The number of benzene rings is 1. The van der Waals surface area contributed by atoms with Crippen molar-refractivity contribution in [2.24, 2.45) is 11.8 Å². The highest BCUT2D eigenvalue weighted by Crippen LogP contribution is 2.28. The Bertz CT molecular complexity index is 853. The SMILES string of the molecule is CC(C)CN(CC(C)C)c1ncnc(NNC(=O)COc2ccc(Cl)cc2Cl)c1N. The number of aromatic nitrogens is 2. The van der Waals surface area contributed by atoms with Gasteiger partial charge in [-0.15, -0.1) is 0 Å². The highest BCUT2D eigenvalue weighted by atomic mass is 35.5. The van der Waals surface area contributed by atoms with Crippen molar-refractivity contribution in [3.8, 4) is 5.75 Å². The van der Waals surface area contributed by atoms with Crippen molar-refractivity contribution in [2.75, 3.05) is 35.8 Å². The predicted molar refractivity (Wildman–Crippen MR) is 122 cm³/mol. The number of nitrogens with one attached hydrogen (secondary N) is 2. The fraction of sp³-hybridized carbons (Fsp3) is 0.450. The number of nitrogens with two attached hydrogens (primary N) is 1. The largest absolute Gasteiger partial charge is 0.482 e. The van der Waals surface area contributed by atoms with Crippen LogP contribution in [-0.4, -0.2) is 35.6 Å². The number of amides is 1. The van der Waals surface area contributed by atoms with Crippen LogP contribution in [0.3, 0.4) is 0 Å². The molecule has 10 heteroatoms. The maximum Gasteiger partial charge on any atom is 0.276 e. The second-order valence-electron chi connectivity index (χ2n) is 7.69. The second-order valence-corrected chi connectivity index (χ2v) is 8.53. The minimum atomic E-state index is -0.429. The van der Waals surface area contributed by atoms with Crippen LogP contribution in [0.5, 0.6) is 5.75 Å². The van der Waals surface area contributed by atoms with Crippen molar-refractivity contribution in [1.82, 2.24) is 15.4 Å². The number of ether oxygens (including phenoxy) is 1. The molecule has 0 aliphatic heterocycles. The molecule has 0 aliphatic carbocycles. The number of hydrogen-bond acceptors (Lipinski definition) is 7. The normalized spacial score (nSPS) is 10.9. The third-order valence-electron chi connectivity index (χ3n) is 3.91. The zero-order valence-corrected chi connectivity index (χ0v) is 19.1. The van der Waals surface area contributed by atoms with Crippen molar-refractivity contribution >= 4 is 46.4 Å². The molecule has 0 atom stereocenters. The first-order valence-corrected chi connectivity index (χ1v) is 10.4. The molecule has 0 unspecified atom stereocenters. The van der Waals surface area contributed by atoms with Crippen LogP contribution in [0.2, 0.25) is 10.0 Å². The van der Waals surface area contributed by atoms with Crippen LogP contribution >= 0.6 is 23.2 Å². The van der Waals surface area contributed by atoms with Gasteiger partial charge in [0.15, 0.2) is 18.2 Å². The van der Waals surface area contributed by atoms with E-state index < -0.39 is 5.91 Å². The Labute approximate surface area is 187 Å². The standard InChI is InChI=1S/C20H28Cl2N6O2/c1-12(2)8-28(9-13(3)4)20-18(23)19(24-11-25-20)27-26-17(29)10-30-16-6-5-14(21)7-15(16)22/h5-7,11-13H,8-10,23H2,1-4H3,(H,26,29)(H,24,25,27). The predicted octanol–water partition coefficient (Wildman–Crippen LogP) is 4.01. The number of carbonyl (C=O) groups is 1. The molecule has 0 saturated carbocycles. The van der Waals surface area contributed by atoms with Gasteiger partial charge in [-0.3, -0.25) is 15.6 Å². The Hall–Kier alpha value is -2.45. The van der Waals surface area contributed by atoms with E-state index in [1.54, 1.807) is 12.1 Å². The molecule has 2 aromatic rings. The van der Waals surface area contributed by atoms with Gasteiger partial charge in [0.25, 0.3) is 5.91 Å². The van der Waals surface area contributed by atoms with Crippen molar-refractivity contribution < 1.29 is 9.53 Å². The van der Waals surface area contributed by atoms with E-state index in [1.807, 2.05) is 0 Å². The van der Waals surface area contributed by atoms with Gasteiger partial charge in [-0.25, -0.2) is 9.97 Å². The van der Waals surface area contributed by atoms with E-state index in [0.29, 0.717) is 45.0 Å². The number of anilines is 3. The Balaban J connectivity index is 2.00. The van der Waals surface area contributed by atoms with Gasteiger partial charge in [0.05, 0.1) is 5.02 Å². The van der Waals surface area contributed by atoms with Crippen LogP contribution < -0.4 is 26.2 Å². The molecule has 164 valence electrons. The highest BCUT2D eigenvalue weighted by molar-refractivity contribution is 6.35. The summed E-state index contributed by atoms with van der Waals surface area (Å²) in [5, 5.41) is 0.806. The zero-order valence-electron chi connectivity index (χ0n) is 17.6. The van der Waals surface area contributed by atoms with Gasteiger partial charge in [0.1, 0.15) is 17.8 Å². The molecular weight excluding hydrogens is 427 g/mol. The number of halogens is 2. The van der Waals surface area contributed by atoms with Gasteiger partial charge in [-0.05, 0) is 30.0 Å². The number of hydrogen-bond donors (Lipinski definition) is 3. The summed E-state index contributed by atoms with van der Waals surface area (Å²) in [6.45, 7) is 9.91. The first-order valence-electron chi connectivity index (χ1n) is 9.65. The van der Waals surface area contributed by atoms with E-state index in [1.165, 1.54) is 12.4 Å². The van der Waals surface area contributed by atoms with Gasteiger partial charge in [-0.1, -0.05) is 50.9 Å². The Kier molecular flexibility index (Phi) is 8.80. The summed E-state index contributed by atoms with van der Waals surface area (Å²) in [6, 6.07) is 4.76. The summed E-state index contributed by atoms with van der Waals surface area (Å²) in [5.74, 6) is 1.75. The summed E-state index contributed by atoms with van der Waals surface area (Å²) in [7, 11) is 0. The molecule has 8 nitrogen and oxygen atoms in total. The minimum Gasteiger partial charge on any atom is -0.482 e. The number of nitrogens with zero attached hydrogens (tertiary/aromatic N) is 3. The lowest BCUT2D eigenvalue weighted by Gasteiger charge is -2.28. The molecule has 0 fully saturated rings. The van der Waals surface area contributed by atoms with E-state index in [2.05, 4.69) is 53.4 Å². The molecule has 1 heterocycles. The first-order chi connectivity index (χ1) is 14.2. The van der Waals surface area contributed by atoms with Crippen molar-refractivity contribution in [2.45, 2.75) is 27.7 Å². The van der Waals surface area contributed by atoms with Crippen LogP contribution in [-0.2, 0) is 4.79 Å². The van der Waals surface area contributed by atoms with Crippen molar-refractivity contribution in [1.29, 1.82) is 0 Å². The smallest absolute Gasteiger partial charge is 0.276 e. The average molecular weight is 455 g/mol. The fourth-order valence-electron chi connectivity index (χ4n) is 2.77. The number of hydrazine groups is 1. The maximum absolute atomic E-state index is 12.1. The lowest BCUT2D eigenvalue weighted by atomic mass is 10.1. The van der Waals surface area contributed by atoms with Crippen LogP contribution in [0.1, 0.15) is 27.7 Å². The van der Waals surface area contributed by atoms with Crippen LogP contribution in [0, 0.1) is 11.8 Å². The van der Waals surface area contributed by atoms with E-state index >= 15 is 0 Å². The van der Waals surface area contributed by atoms with E-state index in [-0.39, 0.29) is 6.61 Å². The van der Waals surface area contributed by atoms with Crippen LogP contribution in [0.15, 0.2) is 24.5 Å². The molecule has 0 spiro atoms. The highest BCUT2D eigenvalue weighted by Gasteiger charge is 2.18. The molecule has 1 aromatic heterocycles. The Morgan fingerprint density at radius 1 is 1.17 bits per heavy atom. The number of rotatable bonds is 10. The Morgan fingerprint density at radius 3 is 2.43 bits per heavy atom. The van der Waals surface area contributed by atoms with Gasteiger partial charge in [0.2, 0.25) is 0 Å². The second kappa shape index (κ2) is 11.1. The molecule has 0 aliphatic rings. The summed E-state index contributed by atoms with van der Waals surface area (Å²) in [6.07, 6.45) is 1.41. The van der Waals surface area contributed by atoms with Gasteiger partial charge < -0.3 is 15.4 Å². The summed E-state index contributed by atoms with van der Waals surface area (Å²) in [4.78, 5) is 22.7. The molecule has 2 rings (SSSR count). The molecule has 1 amide bonds. The lowest BCUT2D eigenvalue weighted by molar-refractivity contribution is -0.122. The third kappa shape index (κ3) is 7.11. The summed E-state index contributed by atoms with van der Waals surface area (Å²) in [5.41, 5.74) is 11.9. The molecule has 0 radical (unpaired) electrons. The first kappa shape index (κ1) is 23.8. The van der Waals surface area contributed by atoms with Gasteiger partial charge in [0, 0.05) is 18.1 Å². The van der Waals surface area contributed by atoms with E-state index in [4.69, 9.17) is 33.7 Å². The topological polar surface area (TPSA) is 105 Å². The fourth-order valence-corrected chi connectivity index (χ4v) is 3.23. The summed E-state index contributed by atoms with van der Waals surface area (Å²) < 4.78 is 5.41. The van der Waals surface area contributed by atoms with E-state index in [0.717, 1.165) is 13.1 Å². The van der Waals surface area contributed by atoms with E-state index in [9.17, 15) is 4.79 Å². The zero-order chi connectivity index (χ0) is 22.3. The number of carbonyl (C=O) groups excluding carboxylic acids is 1. The molecule has 0 saturated heterocycles. The molecule has 30 heavy (non-hydrogen) atoms. The number of nitrogen functional groups attached to an aromatic ring is 1. The Morgan fingerprint density at radius 2 is 1.83 bits per heavy atom. The van der Waals surface area contributed by atoms with Gasteiger partial charge in [-0.2, -0.15) is 0 Å². The average Bonchev–Trinajstić information content (AvgIpc) is 2.65. The molecule has 1 aromatic carbocycles. The van der Waals surface area contributed by atoms with Crippen molar-refractivity contribution in [3.05, 3.63) is 34.6 Å². The molecule has 4 N–H and O–H groups in total. The van der Waals surface area contributed by atoms with Gasteiger partial charge >= 0.3 is 0 Å². The lowest BCUT2D eigenvalue weighted by Crippen LogP contribution is -2.35. The van der Waals surface area contributed by atoms with Crippen LogP contribution in [0.4, 0.5) is 17.3 Å². The van der Waals surface area contributed by atoms with Crippen LogP contribution in [0.25, 0.3) is 0 Å². The monoisotopic (exact) mass is 454 g/mol. The quantitative estimate of drug-likeness (QED) is 0.465. The summed E-state index contributed by atoms with van der Waals surface area (Å²) >= 11 is 11.9. The third-order valence-corrected chi connectivity index (χ3v) is 4.44. The maximum atomic E-state index is 12.1.